The van der Waals surface area contributed by atoms with E-state index in [2.05, 4.69) is 25.5 Å². The van der Waals surface area contributed by atoms with Gasteiger partial charge in [-0.3, -0.25) is 9.69 Å². The molecule has 0 atom stereocenters. The monoisotopic (exact) mass is 572 g/mol. The molecule has 2 N–H and O–H groups in total. The average Bonchev–Trinajstić information content (AvgIpc) is 3.16. The van der Waals surface area contributed by atoms with Crippen molar-refractivity contribution < 1.29 is 18.3 Å². The number of ether oxygens (including phenoxy) is 1. The van der Waals surface area contributed by atoms with Crippen molar-refractivity contribution in [2.24, 2.45) is 0 Å². The van der Waals surface area contributed by atoms with Crippen molar-refractivity contribution in [1.82, 2.24) is 20.2 Å². The second-order valence-electron chi connectivity index (χ2n) is 9.78. The molecule has 0 saturated carbocycles. The highest BCUT2D eigenvalue weighted by atomic mass is 35.5. The summed E-state index contributed by atoms with van der Waals surface area (Å²) >= 11 is 5.92. The minimum absolute atomic E-state index is 0.00302. The van der Waals surface area contributed by atoms with Crippen LogP contribution in [0.4, 0.5) is 20.4 Å². The first-order valence-electron chi connectivity index (χ1n) is 13.4. The lowest BCUT2D eigenvalue weighted by atomic mass is 10.1. The number of carbonyl (C=O) groups is 1. The van der Waals surface area contributed by atoms with E-state index >= 15 is 0 Å². The van der Waals surface area contributed by atoms with Gasteiger partial charge in [0.1, 0.15) is 11.6 Å². The lowest BCUT2D eigenvalue weighted by Gasteiger charge is -2.26. The van der Waals surface area contributed by atoms with Gasteiger partial charge in [-0.25, -0.2) is 18.7 Å². The van der Waals surface area contributed by atoms with Gasteiger partial charge in [0.15, 0.2) is 11.6 Å². The molecule has 3 heterocycles. The van der Waals surface area contributed by atoms with E-state index in [0.717, 1.165) is 69.2 Å². The quantitative estimate of drug-likeness (QED) is 0.418. The van der Waals surface area contributed by atoms with Gasteiger partial charge in [-0.05, 0) is 44.5 Å². The van der Waals surface area contributed by atoms with Crippen LogP contribution in [0.15, 0.2) is 42.6 Å². The minimum atomic E-state index is -0.624. The van der Waals surface area contributed by atoms with Crippen molar-refractivity contribution in [3.63, 3.8) is 0 Å². The predicted octanol–water partition coefficient (Wildman–Crippen LogP) is 4.60. The van der Waals surface area contributed by atoms with Gasteiger partial charge in [-0.2, -0.15) is 0 Å². The number of aryl methyl sites for hydroxylation is 2. The van der Waals surface area contributed by atoms with Gasteiger partial charge in [0, 0.05) is 56.9 Å². The number of fused-ring (bicyclic) bond motifs is 1. The highest BCUT2D eigenvalue weighted by Gasteiger charge is 2.22. The van der Waals surface area contributed by atoms with Crippen molar-refractivity contribution in [2.75, 3.05) is 62.7 Å². The fourth-order valence-electron chi connectivity index (χ4n) is 4.41. The zero-order valence-corrected chi connectivity index (χ0v) is 23.6. The summed E-state index contributed by atoms with van der Waals surface area (Å²) < 4.78 is 32.9. The normalized spacial score (nSPS) is 15.3. The largest absolute Gasteiger partial charge is 0.379 e. The predicted molar refractivity (Wildman–Crippen MR) is 153 cm³/mol. The van der Waals surface area contributed by atoms with Crippen LogP contribution in [0, 0.1) is 25.5 Å². The summed E-state index contributed by atoms with van der Waals surface area (Å²) in [5.41, 5.74) is 2.79. The van der Waals surface area contributed by atoms with Gasteiger partial charge < -0.3 is 20.3 Å². The maximum atomic E-state index is 14.0. The van der Waals surface area contributed by atoms with Crippen molar-refractivity contribution in [3.8, 4) is 0 Å². The molecule has 5 rings (SSSR count). The van der Waals surface area contributed by atoms with Gasteiger partial charge in [0.05, 0.1) is 30.1 Å². The molecule has 11 heteroatoms. The Morgan fingerprint density at radius 3 is 2.55 bits per heavy atom. The van der Waals surface area contributed by atoms with Crippen molar-refractivity contribution in [2.45, 2.75) is 26.8 Å². The third-order valence-corrected chi connectivity index (χ3v) is 7.10. The van der Waals surface area contributed by atoms with Gasteiger partial charge in [0.2, 0.25) is 0 Å². The van der Waals surface area contributed by atoms with Crippen molar-refractivity contribution in [1.29, 1.82) is 0 Å². The third-order valence-electron chi connectivity index (χ3n) is 6.69. The molecule has 0 aliphatic carbocycles. The summed E-state index contributed by atoms with van der Waals surface area (Å²) in [6.07, 6.45) is 2.51. The van der Waals surface area contributed by atoms with Crippen LogP contribution in [0.5, 0.6) is 0 Å². The Labute approximate surface area is 238 Å². The molecule has 0 bridgehead atoms. The molecule has 1 amide bonds. The second kappa shape index (κ2) is 14.3. The number of aromatic nitrogens is 2. The summed E-state index contributed by atoms with van der Waals surface area (Å²) in [6.45, 7) is 10.5. The van der Waals surface area contributed by atoms with Gasteiger partial charge in [-0.15, -0.1) is 0 Å². The number of rotatable bonds is 6. The van der Waals surface area contributed by atoms with Crippen LogP contribution in [-0.4, -0.2) is 73.3 Å². The average molecular weight is 573 g/mol. The number of halogens is 3. The van der Waals surface area contributed by atoms with Crippen LogP contribution in [0.3, 0.4) is 0 Å². The molecule has 0 radical (unpaired) electrons. The van der Waals surface area contributed by atoms with Crippen LogP contribution >= 0.6 is 11.6 Å². The molecular formula is C29H35ClF2N6O2. The number of anilines is 2. The number of hydrogen-bond acceptors (Lipinski definition) is 7. The Morgan fingerprint density at radius 2 is 1.80 bits per heavy atom. The molecule has 214 valence electrons. The highest BCUT2D eigenvalue weighted by Crippen LogP contribution is 2.29. The van der Waals surface area contributed by atoms with Gasteiger partial charge >= 0.3 is 0 Å². The molecule has 8 nitrogen and oxygen atoms in total. The number of nitrogens with one attached hydrogen (secondary N) is 2. The van der Waals surface area contributed by atoms with E-state index in [1.54, 1.807) is 6.20 Å². The number of morpholine rings is 1. The lowest BCUT2D eigenvalue weighted by Crippen LogP contribution is -2.41. The van der Waals surface area contributed by atoms with E-state index < -0.39 is 11.6 Å². The lowest BCUT2D eigenvalue weighted by molar-refractivity contribution is 0.0383. The number of hydrogen-bond donors (Lipinski definition) is 2. The molecule has 0 unspecified atom stereocenters. The minimum Gasteiger partial charge on any atom is -0.379 e. The first-order valence-corrected chi connectivity index (χ1v) is 13.8. The highest BCUT2D eigenvalue weighted by molar-refractivity contribution is 6.31. The Morgan fingerprint density at radius 1 is 1.07 bits per heavy atom. The van der Waals surface area contributed by atoms with E-state index in [1.165, 1.54) is 5.56 Å². The third kappa shape index (κ3) is 8.09. The summed E-state index contributed by atoms with van der Waals surface area (Å²) in [5.74, 6) is 0.142. The molecular weight excluding hydrogens is 538 g/mol. The van der Waals surface area contributed by atoms with Crippen LogP contribution in [0.2, 0.25) is 5.02 Å². The number of benzene rings is 2. The molecule has 1 fully saturated rings. The molecule has 40 heavy (non-hydrogen) atoms. The number of carbonyl (C=O) groups excluding carboxylic acids is 1. The molecule has 1 saturated heterocycles. The maximum Gasteiger partial charge on any atom is 0.251 e. The van der Waals surface area contributed by atoms with E-state index in [4.69, 9.17) is 16.3 Å². The Bertz CT molecular complexity index is 1290. The zero-order valence-electron chi connectivity index (χ0n) is 22.9. The fraction of sp³-hybridized carbons (Fsp3) is 0.414. The van der Waals surface area contributed by atoms with E-state index in [9.17, 15) is 13.6 Å². The fourth-order valence-corrected chi connectivity index (χ4v) is 4.62. The molecule has 2 aliphatic heterocycles. The van der Waals surface area contributed by atoms with E-state index in [1.807, 2.05) is 43.0 Å². The van der Waals surface area contributed by atoms with E-state index in [0.29, 0.717) is 24.7 Å². The van der Waals surface area contributed by atoms with Gasteiger partial charge in [0.25, 0.3) is 5.91 Å². The summed E-state index contributed by atoms with van der Waals surface area (Å²) in [5, 5.41) is 5.96. The smallest absolute Gasteiger partial charge is 0.251 e. The molecule has 0 spiro atoms. The summed E-state index contributed by atoms with van der Waals surface area (Å²) in [7, 11) is 0. The first-order chi connectivity index (χ1) is 19.3. The first kappa shape index (κ1) is 29.6. The van der Waals surface area contributed by atoms with Crippen LogP contribution in [0.25, 0.3) is 0 Å². The van der Waals surface area contributed by atoms with Crippen LogP contribution in [-0.2, 0) is 11.3 Å². The van der Waals surface area contributed by atoms with Gasteiger partial charge in [-0.1, -0.05) is 29.3 Å². The number of amides is 1. The Kier molecular flexibility index (Phi) is 10.6. The van der Waals surface area contributed by atoms with Crippen molar-refractivity contribution >= 4 is 29.1 Å². The maximum absolute atomic E-state index is 14.0. The molecule has 2 aliphatic rings. The van der Waals surface area contributed by atoms with Crippen LogP contribution in [0.1, 0.15) is 33.6 Å². The zero-order chi connectivity index (χ0) is 28.5. The number of nitrogens with zero attached hydrogens (tertiary/aromatic N) is 4. The molecule has 1 aromatic heterocycles. The Balaban J connectivity index is 0.000000189. The standard InChI is InChI=1S/C15H15ClF2N4.C14H20N2O2/c1-9-7-20-14-15(21-9)22(6-2-5-19-14)8-10-11(17)3-4-12(18)13(10)16;1-12-2-4-13(5-3-12)14(17)15-6-7-16-8-10-18-11-9-16/h3-4,7H,2,5-6,8H2,1H3,(H,19,20);2-5H,6-11H2,1H3,(H,15,17). The molecule has 3 aromatic rings. The topological polar surface area (TPSA) is 82.6 Å². The molecule has 2 aromatic carbocycles. The van der Waals surface area contributed by atoms with Crippen molar-refractivity contribution in [3.05, 3.63) is 81.6 Å². The van der Waals surface area contributed by atoms with E-state index in [-0.39, 0.29) is 23.0 Å². The second-order valence-corrected chi connectivity index (χ2v) is 10.2. The van der Waals surface area contributed by atoms with Crippen LogP contribution < -0.4 is 15.5 Å². The SMILES string of the molecule is Cc1ccc(C(=O)NCCN2CCOCC2)cc1.Cc1cnc2c(n1)N(Cc1c(F)ccc(F)c1Cl)CCCN2. The summed E-state index contributed by atoms with van der Waals surface area (Å²) in [6, 6.07) is 9.76. The summed E-state index contributed by atoms with van der Waals surface area (Å²) in [4.78, 5) is 24.8. The Hall–Kier alpha value is -3.34.